The molecule has 4 rings (SSSR count). The van der Waals surface area contributed by atoms with E-state index in [1.165, 1.54) is 6.07 Å². The van der Waals surface area contributed by atoms with Crippen LogP contribution in [0, 0.1) is 0 Å². The highest BCUT2D eigenvalue weighted by atomic mass is 32.2. The molecule has 2 aliphatic rings. The van der Waals surface area contributed by atoms with Gasteiger partial charge in [-0.3, -0.25) is 9.69 Å². The number of hydrogen-bond donors (Lipinski definition) is 1. The van der Waals surface area contributed by atoms with Crippen LogP contribution in [0.1, 0.15) is 61.2 Å². The molecule has 2 fully saturated rings. The third kappa shape index (κ3) is 4.86. The number of hydrogen-bond acceptors (Lipinski definition) is 5. The molecule has 7 nitrogen and oxygen atoms in total. The number of rotatable bonds is 7. The van der Waals surface area contributed by atoms with Gasteiger partial charge in [-0.15, -0.1) is 0 Å². The van der Waals surface area contributed by atoms with E-state index in [2.05, 4.69) is 10.2 Å². The summed E-state index contributed by atoms with van der Waals surface area (Å²) in [5, 5.41) is 2.98. The smallest absolute Gasteiger partial charge is 0.251 e. The molecule has 2 saturated heterocycles. The third-order valence-electron chi connectivity index (χ3n) is 6.35. The molecule has 3 heterocycles. The van der Waals surface area contributed by atoms with Crippen LogP contribution in [0.5, 0.6) is 0 Å². The summed E-state index contributed by atoms with van der Waals surface area (Å²) in [6.45, 7) is 4.83. The van der Waals surface area contributed by atoms with Gasteiger partial charge in [-0.1, -0.05) is 12.5 Å². The Bertz CT molecular complexity index is 984. The minimum atomic E-state index is -3.62. The van der Waals surface area contributed by atoms with Crippen molar-refractivity contribution in [1.82, 2.24) is 14.5 Å². The van der Waals surface area contributed by atoms with Gasteiger partial charge in [0.2, 0.25) is 10.0 Å². The first-order valence-electron chi connectivity index (χ1n) is 11.1. The van der Waals surface area contributed by atoms with Crippen LogP contribution in [0.15, 0.2) is 52.0 Å². The SMILES string of the molecule is CC1CCCCN1S(=O)(=O)c1cccc(C(=O)NCC(c2ccco2)N2CCCC2)c1. The minimum Gasteiger partial charge on any atom is -0.468 e. The van der Waals surface area contributed by atoms with Gasteiger partial charge in [-0.05, 0) is 76.0 Å². The standard InChI is InChI=1S/C23H31N3O4S/c1-18-8-2-3-14-26(18)31(28,29)20-10-6-9-19(16-20)23(27)24-17-21(22-11-7-15-30-22)25-12-4-5-13-25/h6-7,9-11,15-16,18,21H,2-5,8,12-14,17H2,1H3,(H,24,27). The number of carbonyl (C=O) groups is 1. The Hall–Kier alpha value is -2.16. The summed E-state index contributed by atoms with van der Waals surface area (Å²) in [4.78, 5) is 15.4. The maximum absolute atomic E-state index is 13.1. The van der Waals surface area contributed by atoms with Crippen molar-refractivity contribution in [1.29, 1.82) is 0 Å². The van der Waals surface area contributed by atoms with Crippen molar-refractivity contribution in [3.05, 3.63) is 54.0 Å². The fourth-order valence-electron chi connectivity index (χ4n) is 4.60. The van der Waals surface area contributed by atoms with E-state index in [1.807, 2.05) is 19.1 Å². The van der Waals surface area contributed by atoms with Gasteiger partial charge in [0.05, 0.1) is 17.2 Å². The molecule has 2 atom stereocenters. The molecule has 1 N–H and O–H groups in total. The second-order valence-electron chi connectivity index (χ2n) is 8.47. The lowest BCUT2D eigenvalue weighted by atomic mass is 10.1. The Morgan fingerprint density at radius 2 is 1.90 bits per heavy atom. The summed E-state index contributed by atoms with van der Waals surface area (Å²) < 4.78 is 33.5. The lowest BCUT2D eigenvalue weighted by Gasteiger charge is -2.32. The van der Waals surface area contributed by atoms with Crippen LogP contribution in [-0.4, -0.2) is 55.8 Å². The fraction of sp³-hybridized carbons (Fsp3) is 0.522. The molecule has 2 unspecified atom stereocenters. The number of furan rings is 1. The van der Waals surface area contributed by atoms with E-state index in [-0.39, 0.29) is 22.9 Å². The molecular formula is C23H31N3O4S. The number of sulfonamides is 1. The van der Waals surface area contributed by atoms with Crippen molar-refractivity contribution in [3.8, 4) is 0 Å². The molecule has 1 aromatic heterocycles. The monoisotopic (exact) mass is 445 g/mol. The normalized spacial score (nSPS) is 21.8. The molecule has 2 aliphatic heterocycles. The molecule has 0 radical (unpaired) electrons. The second-order valence-corrected chi connectivity index (χ2v) is 10.4. The lowest BCUT2D eigenvalue weighted by molar-refractivity contribution is 0.0933. The van der Waals surface area contributed by atoms with Gasteiger partial charge < -0.3 is 9.73 Å². The van der Waals surface area contributed by atoms with Crippen LogP contribution < -0.4 is 5.32 Å². The van der Waals surface area contributed by atoms with Crippen molar-refractivity contribution in [2.45, 2.75) is 56.0 Å². The van der Waals surface area contributed by atoms with E-state index in [9.17, 15) is 13.2 Å². The number of benzene rings is 1. The van der Waals surface area contributed by atoms with Crippen molar-refractivity contribution in [2.24, 2.45) is 0 Å². The molecule has 0 spiro atoms. The first kappa shape index (κ1) is 22.0. The summed E-state index contributed by atoms with van der Waals surface area (Å²) in [6, 6.07) is 10.1. The predicted octanol–water partition coefficient (Wildman–Crippen LogP) is 3.41. The Labute approximate surface area is 184 Å². The number of nitrogens with one attached hydrogen (secondary N) is 1. The van der Waals surface area contributed by atoms with Crippen LogP contribution in [0.3, 0.4) is 0 Å². The summed E-state index contributed by atoms with van der Waals surface area (Å²) in [5.41, 5.74) is 0.352. The van der Waals surface area contributed by atoms with Crippen LogP contribution >= 0.6 is 0 Å². The van der Waals surface area contributed by atoms with Crippen LogP contribution in [-0.2, 0) is 10.0 Å². The molecule has 8 heteroatoms. The highest BCUT2D eigenvalue weighted by Crippen LogP contribution is 2.27. The molecule has 0 aliphatic carbocycles. The van der Waals surface area contributed by atoms with Gasteiger partial charge in [0.25, 0.3) is 5.91 Å². The number of carbonyl (C=O) groups excluding carboxylic acids is 1. The lowest BCUT2D eigenvalue weighted by Crippen LogP contribution is -2.42. The van der Waals surface area contributed by atoms with E-state index in [1.54, 1.807) is 28.8 Å². The Morgan fingerprint density at radius 1 is 1.13 bits per heavy atom. The fourth-order valence-corrected chi connectivity index (χ4v) is 6.34. The molecule has 2 aromatic rings. The van der Waals surface area contributed by atoms with Crippen molar-refractivity contribution >= 4 is 15.9 Å². The van der Waals surface area contributed by atoms with Gasteiger partial charge in [0.15, 0.2) is 0 Å². The summed E-state index contributed by atoms with van der Waals surface area (Å²) in [5.74, 6) is 0.553. The largest absolute Gasteiger partial charge is 0.468 e. The van der Waals surface area contributed by atoms with Crippen molar-refractivity contribution in [3.63, 3.8) is 0 Å². The first-order chi connectivity index (χ1) is 15.0. The Morgan fingerprint density at radius 3 is 2.61 bits per heavy atom. The topological polar surface area (TPSA) is 82.9 Å². The van der Waals surface area contributed by atoms with Crippen LogP contribution in [0.25, 0.3) is 0 Å². The van der Waals surface area contributed by atoms with Crippen molar-refractivity contribution < 1.29 is 17.6 Å². The van der Waals surface area contributed by atoms with Gasteiger partial charge >= 0.3 is 0 Å². The van der Waals surface area contributed by atoms with Gasteiger partial charge in [-0.25, -0.2) is 8.42 Å². The molecule has 168 valence electrons. The molecule has 0 bridgehead atoms. The van der Waals surface area contributed by atoms with Crippen LogP contribution in [0.4, 0.5) is 0 Å². The van der Waals surface area contributed by atoms with E-state index < -0.39 is 10.0 Å². The Kier molecular flexibility index (Phi) is 6.79. The summed E-state index contributed by atoms with van der Waals surface area (Å²) in [6.07, 6.45) is 6.71. The Balaban J connectivity index is 1.47. The summed E-state index contributed by atoms with van der Waals surface area (Å²) >= 11 is 0. The zero-order chi connectivity index (χ0) is 21.8. The van der Waals surface area contributed by atoms with Gasteiger partial charge in [-0.2, -0.15) is 4.31 Å². The molecule has 31 heavy (non-hydrogen) atoms. The average Bonchev–Trinajstić information content (AvgIpc) is 3.49. The van der Waals surface area contributed by atoms with Gasteiger partial charge in [0, 0.05) is 24.7 Å². The quantitative estimate of drug-likeness (QED) is 0.706. The predicted molar refractivity (Wildman–Crippen MR) is 118 cm³/mol. The highest BCUT2D eigenvalue weighted by Gasteiger charge is 2.31. The minimum absolute atomic E-state index is 0.0225. The van der Waals surface area contributed by atoms with E-state index in [4.69, 9.17) is 4.42 Å². The van der Waals surface area contributed by atoms with E-state index in [0.29, 0.717) is 18.7 Å². The summed E-state index contributed by atoms with van der Waals surface area (Å²) in [7, 11) is -3.62. The van der Waals surface area contributed by atoms with Crippen LogP contribution in [0.2, 0.25) is 0 Å². The highest BCUT2D eigenvalue weighted by molar-refractivity contribution is 7.89. The van der Waals surface area contributed by atoms with E-state index >= 15 is 0 Å². The second kappa shape index (κ2) is 9.54. The van der Waals surface area contributed by atoms with E-state index in [0.717, 1.165) is 51.0 Å². The number of piperidine rings is 1. The first-order valence-corrected chi connectivity index (χ1v) is 12.6. The number of nitrogens with zero attached hydrogens (tertiary/aromatic N) is 2. The zero-order valence-electron chi connectivity index (χ0n) is 18.0. The molecule has 1 aromatic carbocycles. The molecular weight excluding hydrogens is 414 g/mol. The molecule has 1 amide bonds. The van der Waals surface area contributed by atoms with Gasteiger partial charge in [0.1, 0.15) is 5.76 Å². The maximum atomic E-state index is 13.1. The zero-order valence-corrected chi connectivity index (χ0v) is 18.8. The maximum Gasteiger partial charge on any atom is 0.251 e. The number of amides is 1. The third-order valence-corrected chi connectivity index (χ3v) is 8.36. The molecule has 0 saturated carbocycles. The number of likely N-dealkylation sites (tertiary alicyclic amines) is 1. The average molecular weight is 446 g/mol. The van der Waals surface area contributed by atoms with Crippen molar-refractivity contribution in [2.75, 3.05) is 26.2 Å².